The average Bonchev–Trinajstić information content (AvgIpc) is 2.50. The number of carbonyl (C=O) groups is 5. The summed E-state index contributed by atoms with van der Waals surface area (Å²) in [6, 6.07) is -1.30. The summed E-state index contributed by atoms with van der Waals surface area (Å²) in [6.45, 7) is 0.312. The van der Waals surface area contributed by atoms with Crippen molar-refractivity contribution in [1.82, 2.24) is 14.7 Å². The molecule has 0 bridgehead atoms. The van der Waals surface area contributed by atoms with Gasteiger partial charge in [-0.15, -0.1) is 0 Å². The van der Waals surface area contributed by atoms with Crippen LogP contribution in [0.4, 0.5) is 0 Å². The van der Waals surface area contributed by atoms with E-state index in [4.69, 9.17) is 25.5 Å². The van der Waals surface area contributed by atoms with Gasteiger partial charge in [-0.1, -0.05) is 0 Å². The summed E-state index contributed by atoms with van der Waals surface area (Å²) in [7, 11) is 0. The van der Waals surface area contributed by atoms with Gasteiger partial charge in [0, 0.05) is 25.2 Å². The van der Waals surface area contributed by atoms with Gasteiger partial charge >= 0.3 is 29.8 Å². The summed E-state index contributed by atoms with van der Waals surface area (Å²) in [5.74, 6) is -6.18. The third-order valence-corrected chi connectivity index (χ3v) is 4.00. The van der Waals surface area contributed by atoms with Crippen LogP contribution in [0.2, 0.25) is 0 Å². The van der Waals surface area contributed by atoms with E-state index >= 15 is 0 Å². The van der Waals surface area contributed by atoms with Gasteiger partial charge in [0.1, 0.15) is 0 Å². The van der Waals surface area contributed by atoms with Crippen LogP contribution in [0.25, 0.3) is 0 Å². The van der Waals surface area contributed by atoms with Crippen molar-refractivity contribution >= 4 is 29.8 Å². The second kappa shape index (κ2) is 12.6. The molecule has 0 fully saturated rings. The monoisotopic (exact) mass is 421 g/mol. The molecule has 0 aromatic heterocycles. The summed E-state index contributed by atoms with van der Waals surface area (Å²) in [6.07, 6.45) is 0. The highest BCUT2D eigenvalue weighted by atomic mass is 16.4. The first-order valence-electron chi connectivity index (χ1n) is 8.61. The summed E-state index contributed by atoms with van der Waals surface area (Å²) < 4.78 is 0. The molecule has 0 saturated carbocycles. The molecule has 13 nitrogen and oxygen atoms in total. The molecule has 0 unspecified atom stereocenters. The van der Waals surface area contributed by atoms with Crippen molar-refractivity contribution in [3.63, 3.8) is 0 Å². The average molecular weight is 421 g/mol. The highest BCUT2D eigenvalue weighted by molar-refractivity contribution is 5.73. The molecular formula is C16H27N3O10. The van der Waals surface area contributed by atoms with Crippen molar-refractivity contribution in [2.24, 2.45) is 0 Å². The molecule has 0 rings (SSSR count). The first kappa shape index (κ1) is 26.2. The maximum absolute atomic E-state index is 11.2. The standard InChI is InChI=1S/C16H27N3O10/c1-10(18(6-13(22)23)7-14(24)25)3-17(5-12(20)21)4-11(2)19(8-15(26)27)9-16(28)29/h10-11H,3-9H2,1-2H3,(H,20,21)(H,22,23)(H,24,25)(H,26,27)(H,28,29)/t10-,11-/m0/s1. The maximum atomic E-state index is 11.2. The van der Waals surface area contributed by atoms with Gasteiger partial charge in [-0.3, -0.25) is 38.7 Å². The molecule has 0 aliphatic heterocycles. The predicted molar refractivity (Wildman–Crippen MR) is 96.7 cm³/mol. The number of nitrogens with zero attached hydrogens (tertiary/aromatic N) is 3. The fraction of sp³-hybridized carbons (Fsp3) is 0.688. The van der Waals surface area contributed by atoms with E-state index in [-0.39, 0.29) is 13.1 Å². The van der Waals surface area contributed by atoms with E-state index in [2.05, 4.69) is 0 Å². The number of hydrogen-bond donors (Lipinski definition) is 5. The van der Waals surface area contributed by atoms with Crippen LogP contribution in [0.5, 0.6) is 0 Å². The van der Waals surface area contributed by atoms with Crippen molar-refractivity contribution < 1.29 is 49.5 Å². The van der Waals surface area contributed by atoms with Gasteiger partial charge in [0.25, 0.3) is 0 Å². The molecule has 166 valence electrons. The normalized spacial score (nSPS) is 13.4. The topological polar surface area (TPSA) is 196 Å². The van der Waals surface area contributed by atoms with Crippen molar-refractivity contribution in [2.75, 3.05) is 45.8 Å². The minimum atomic E-state index is -1.25. The Morgan fingerprint density at radius 2 is 0.793 bits per heavy atom. The summed E-state index contributed by atoms with van der Waals surface area (Å²) >= 11 is 0. The molecule has 0 aromatic rings. The van der Waals surface area contributed by atoms with E-state index < -0.39 is 74.7 Å². The Hall–Kier alpha value is -2.77. The molecule has 0 spiro atoms. The first-order valence-corrected chi connectivity index (χ1v) is 8.61. The molecule has 0 amide bonds. The van der Waals surface area contributed by atoms with E-state index in [1.807, 2.05) is 0 Å². The Morgan fingerprint density at radius 3 is 1.00 bits per heavy atom. The van der Waals surface area contributed by atoms with Gasteiger partial charge in [-0.25, -0.2) is 0 Å². The molecule has 0 saturated heterocycles. The van der Waals surface area contributed by atoms with Gasteiger partial charge < -0.3 is 25.5 Å². The zero-order chi connectivity index (χ0) is 22.7. The fourth-order valence-electron chi connectivity index (χ4n) is 2.80. The summed E-state index contributed by atoms with van der Waals surface area (Å²) in [4.78, 5) is 58.7. The van der Waals surface area contributed by atoms with Gasteiger partial charge in [0.15, 0.2) is 0 Å². The largest absolute Gasteiger partial charge is 0.480 e. The van der Waals surface area contributed by atoms with Crippen LogP contribution in [0.3, 0.4) is 0 Å². The molecule has 0 heterocycles. The van der Waals surface area contributed by atoms with Gasteiger partial charge in [0.2, 0.25) is 0 Å². The number of hydrogen-bond acceptors (Lipinski definition) is 8. The molecular weight excluding hydrogens is 394 g/mol. The maximum Gasteiger partial charge on any atom is 0.317 e. The zero-order valence-corrected chi connectivity index (χ0v) is 16.2. The Kier molecular flexibility index (Phi) is 11.4. The summed E-state index contributed by atoms with van der Waals surface area (Å²) in [5, 5.41) is 44.9. The lowest BCUT2D eigenvalue weighted by Gasteiger charge is -2.34. The van der Waals surface area contributed by atoms with Crippen molar-refractivity contribution in [3.05, 3.63) is 0 Å². The lowest BCUT2D eigenvalue weighted by atomic mass is 10.2. The highest BCUT2D eigenvalue weighted by Crippen LogP contribution is 2.07. The van der Waals surface area contributed by atoms with Crippen LogP contribution >= 0.6 is 0 Å². The Morgan fingerprint density at radius 1 is 0.552 bits per heavy atom. The van der Waals surface area contributed by atoms with Crippen LogP contribution in [0.1, 0.15) is 13.8 Å². The SMILES string of the molecule is C[C@@H](CN(CC(=O)O)C[C@H](C)N(CC(=O)O)CC(=O)O)N(CC(=O)O)CC(=O)O. The van der Waals surface area contributed by atoms with Crippen LogP contribution in [-0.4, -0.2) is 128 Å². The Labute approximate surface area is 166 Å². The van der Waals surface area contributed by atoms with E-state index in [9.17, 15) is 24.0 Å². The highest BCUT2D eigenvalue weighted by Gasteiger charge is 2.26. The molecule has 0 aliphatic rings. The Balaban J connectivity index is 5.31. The molecule has 0 aliphatic carbocycles. The molecule has 2 atom stereocenters. The van der Waals surface area contributed by atoms with E-state index in [1.54, 1.807) is 0 Å². The van der Waals surface area contributed by atoms with Gasteiger partial charge in [0.05, 0.1) is 32.7 Å². The predicted octanol–water partition coefficient (Wildman–Crippen LogP) is -1.91. The number of carboxylic acids is 5. The number of rotatable bonds is 16. The van der Waals surface area contributed by atoms with Crippen LogP contribution in [-0.2, 0) is 24.0 Å². The van der Waals surface area contributed by atoms with E-state index in [0.717, 1.165) is 9.80 Å². The van der Waals surface area contributed by atoms with Gasteiger partial charge in [-0.05, 0) is 13.8 Å². The number of carboxylic acid groups (broad SMARTS) is 5. The Bertz CT molecular complexity index is 536. The summed E-state index contributed by atoms with van der Waals surface area (Å²) in [5.41, 5.74) is 0. The van der Waals surface area contributed by atoms with Crippen LogP contribution < -0.4 is 0 Å². The van der Waals surface area contributed by atoms with Crippen LogP contribution in [0, 0.1) is 0 Å². The van der Waals surface area contributed by atoms with Crippen molar-refractivity contribution in [2.45, 2.75) is 25.9 Å². The van der Waals surface area contributed by atoms with Gasteiger partial charge in [-0.2, -0.15) is 0 Å². The van der Waals surface area contributed by atoms with Crippen molar-refractivity contribution in [1.29, 1.82) is 0 Å². The molecule has 0 aromatic carbocycles. The van der Waals surface area contributed by atoms with E-state index in [1.165, 1.54) is 18.7 Å². The number of aliphatic carboxylic acids is 5. The minimum Gasteiger partial charge on any atom is -0.480 e. The first-order chi connectivity index (χ1) is 13.3. The molecule has 29 heavy (non-hydrogen) atoms. The van der Waals surface area contributed by atoms with Crippen LogP contribution in [0.15, 0.2) is 0 Å². The minimum absolute atomic E-state index is 0.0226. The quantitative estimate of drug-likeness (QED) is 0.185. The smallest absolute Gasteiger partial charge is 0.317 e. The zero-order valence-electron chi connectivity index (χ0n) is 16.2. The molecule has 0 radical (unpaired) electrons. The fourth-order valence-corrected chi connectivity index (χ4v) is 2.80. The lowest BCUT2D eigenvalue weighted by molar-refractivity contribution is -0.144. The van der Waals surface area contributed by atoms with E-state index in [0.29, 0.717) is 0 Å². The third-order valence-electron chi connectivity index (χ3n) is 4.00. The third kappa shape index (κ3) is 12.3. The second-order valence-electron chi connectivity index (χ2n) is 6.67. The molecule has 5 N–H and O–H groups in total. The molecule has 13 heteroatoms. The lowest BCUT2D eigenvalue weighted by Crippen LogP contribution is -2.51. The second-order valence-corrected chi connectivity index (χ2v) is 6.67. The van der Waals surface area contributed by atoms with Crippen molar-refractivity contribution in [3.8, 4) is 0 Å².